The smallest absolute Gasteiger partial charge is 0.407 e. The van der Waals surface area contributed by atoms with Gasteiger partial charge in [0, 0.05) is 31.9 Å². The molecule has 34 heavy (non-hydrogen) atoms. The minimum absolute atomic E-state index is 0.141. The summed E-state index contributed by atoms with van der Waals surface area (Å²) in [6.07, 6.45) is 8.30. The molecule has 0 spiro atoms. The van der Waals surface area contributed by atoms with Crippen LogP contribution in [0.4, 0.5) is 16.3 Å². The van der Waals surface area contributed by atoms with Gasteiger partial charge in [-0.1, -0.05) is 6.07 Å². The molecule has 4 aliphatic rings. The summed E-state index contributed by atoms with van der Waals surface area (Å²) in [6.45, 7) is 3.14. The number of carboxylic acid groups (broad SMARTS) is 1. The van der Waals surface area contributed by atoms with Gasteiger partial charge in [0.05, 0.1) is 11.2 Å². The second kappa shape index (κ2) is 9.08. The molecule has 0 atom stereocenters. The highest BCUT2D eigenvalue weighted by molar-refractivity contribution is 6.02. The number of rotatable bonds is 8. The number of pyridine rings is 1. The Hall–Kier alpha value is -2.83. The summed E-state index contributed by atoms with van der Waals surface area (Å²) < 4.78 is 0. The molecule has 0 radical (unpaired) electrons. The van der Waals surface area contributed by atoms with Crippen molar-refractivity contribution in [1.82, 2.24) is 9.88 Å². The maximum absolute atomic E-state index is 13.2. The molecule has 182 valence electrons. The molecule has 6 rings (SSSR count). The van der Waals surface area contributed by atoms with E-state index in [1.165, 1.54) is 43.4 Å². The van der Waals surface area contributed by atoms with Crippen molar-refractivity contribution in [2.75, 3.05) is 30.8 Å². The molecular weight excluding hydrogens is 428 g/mol. The number of nitrogens with one attached hydrogen (secondary N) is 2. The fourth-order valence-electron chi connectivity index (χ4n) is 7.24. The predicted octanol–water partition coefficient (Wildman–Crippen LogP) is 5.50. The number of hydrogen-bond acceptors (Lipinski definition) is 4. The minimum atomic E-state index is -0.919. The first-order chi connectivity index (χ1) is 16.3. The average Bonchev–Trinajstić information content (AvgIpc) is 2.77. The van der Waals surface area contributed by atoms with Crippen molar-refractivity contribution >= 4 is 34.4 Å². The number of carbonyl (C=O) groups is 2. The summed E-state index contributed by atoms with van der Waals surface area (Å²) in [7, 11) is 1.57. The van der Waals surface area contributed by atoms with Crippen LogP contribution in [0.3, 0.4) is 0 Å². The molecule has 4 fully saturated rings. The molecule has 1 aromatic heterocycles. The number of benzene rings is 1. The first kappa shape index (κ1) is 22.9. The minimum Gasteiger partial charge on any atom is -0.465 e. The molecule has 0 aliphatic heterocycles. The fraction of sp³-hybridized carbons (Fsp3) is 0.593. The first-order valence-electron chi connectivity index (χ1n) is 12.7. The monoisotopic (exact) mass is 464 g/mol. The molecule has 3 N–H and O–H groups in total. The van der Waals surface area contributed by atoms with E-state index in [-0.39, 0.29) is 11.3 Å². The Morgan fingerprint density at radius 3 is 2.41 bits per heavy atom. The van der Waals surface area contributed by atoms with Crippen LogP contribution < -0.4 is 10.6 Å². The van der Waals surface area contributed by atoms with Gasteiger partial charge in [0.15, 0.2) is 0 Å². The normalized spacial score (nSPS) is 27.1. The van der Waals surface area contributed by atoms with Gasteiger partial charge in [-0.25, -0.2) is 9.78 Å². The number of amides is 2. The standard InChI is InChI=1S/C27H36N4O3/c1-17-4-6-22-21(5-7-23(29-22)28-8-3-9-31(2)26(33)34)25(17)30-24(32)16-27-13-18-10-19(14-27)12-20(11-18)15-27/h4-7,18-20H,3,8-16H2,1-2H3,(H,28,29)(H,30,32)(H,33,34). The molecule has 7 heteroatoms. The number of anilines is 2. The second-order valence-corrected chi connectivity index (χ2v) is 11.1. The Bertz CT molecular complexity index is 1060. The van der Waals surface area contributed by atoms with Crippen molar-refractivity contribution in [1.29, 1.82) is 0 Å². The molecule has 2 amide bonds. The first-order valence-corrected chi connectivity index (χ1v) is 12.7. The number of aromatic nitrogens is 1. The van der Waals surface area contributed by atoms with Gasteiger partial charge in [-0.3, -0.25) is 4.79 Å². The Labute approximate surface area is 201 Å². The molecule has 4 bridgehead atoms. The summed E-state index contributed by atoms with van der Waals surface area (Å²) in [5.41, 5.74) is 2.98. The second-order valence-electron chi connectivity index (χ2n) is 11.1. The third-order valence-electron chi connectivity index (χ3n) is 8.35. The zero-order chi connectivity index (χ0) is 23.9. The van der Waals surface area contributed by atoms with Crippen LogP contribution in [0.25, 0.3) is 10.9 Å². The molecule has 0 unspecified atom stereocenters. The van der Waals surface area contributed by atoms with Crippen molar-refractivity contribution in [3.63, 3.8) is 0 Å². The SMILES string of the molecule is Cc1ccc2nc(NCCCN(C)C(=O)O)ccc2c1NC(=O)CC12CC3CC(CC(C3)C1)C2. The molecule has 1 aromatic carbocycles. The van der Waals surface area contributed by atoms with Gasteiger partial charge in [0.25, 0.3) is 0 Å². The summed E-state index contributed by atoms with van der Waals surface area (Å²) in [6, 6.07) is 7.95. The van der Waals surface area contributed by atoms with E-state index in [0.717, 1.165) is 45.7 Å². The van der Waals surface area contributed by atoms with E-state index in [2.05, 4.69) is 10.6 Å². The predicted molar refractivity (Wildman–Crippen MR) is 134 cm³/mol. The Morgan fingerprint density at radius 1 is 1.09 bits per heavy atom. The molecule has 4 aliphatic carbocycles. The largest absolute Gasteiger partial charge is 0.465 e. The summed E-state index contributed by atoms with van der Waals surface area (Å²) in [4.78, 5) is 30.1. The van der Waals surface area contributed by atoms with Crippen LogP contribution in [0.2, 0.25) is 0 Å². The van der Waals surface area contributed by atoms with Crippen molar-refractivity contribution in [2.24, 2.45) is 23.2 Å². The van der Waals surface area contributed by atoms with Crippen LogP contribution >= 0.6 is 0 Å². The Balaban J connectivity index is 1.24. The topological polar surface area (TPSA) is 94.6 Å². The zero-order valence-corrected chi connectivity index (χ0v) is 20.3. The van der Waals surface area contributed by atoms with Crippen LogP contribution in [-0.4, -0.2) is 47.1 Å². The van der Waals surface area contributed by atoms with E-state index in [0.29, 0.717) is 25.9 Å². The Kier molecular flexibility index (Phi) is 6.13. The van der Waals surface area contributed by atoms with E-state index < -0.39 is 6.09 Å². The zero-order valence-electron chi connectivity index (χ0n) is 20.3. The van der Waals surface area contributed by atoms with Gasteiger partial charge in [0.1, 0.15) is 5.82 Å². The average molecular weight is 465 g/mol. The van der Waals surface area contributed by atoms with Crippen LogP contribution in [0.15, 0.2) is 24.3 Å². The summed E-state index contributed by atoms with van der Waals surface area (Å²) in [5, 5.41) is 16.4. The van der Waals surface area contributed by atoms with E-state index in [4.69, 9.17) is 10.1 Å². The van der Waals surface area contributed by atoms with Crippen LogP contribution in [0.1, 0.15) is 56.9 Å². The van der Waals surface area contributed by atoms with Crippen molar-refractivity contribution < 1.29 is 14.7 Å². The van der Waals surface area contributed by atoms with Crippen LogP contribution in [0, 0.1) is 30.1 Å². The van der Waals surface area contributed by atoms with Gasteiger partial charge in [-0.05, 0) is 98.8 Å². The highest BCUT2D eigenvalue weighted by Gasteiger charge is 2.51. The van der Waals surface area contributed by atoms with Crippen molar-refractivity contribution in [3.8, 4) is 0 Å². The molecule has 0 saturated heterocycles. The van der Waals surface area contributed by atoms with E-state index in [1.54, 1.807) is 7.05 Å². The highest BCUT2D eigenvalue weighted by Crippen LogP contribution is 2.61. The van der Waals surface area contributed by atoms with E-state index >= 15 is 0 Å². The number of nitrogens with zero attached hydrogens (tertiary/aromatic N) is 2. The van der Waals surface area contributed by atoms with Gasteiger partial charge in [-0.15, -0.1) is 0 Å². The highest BCUT2D eigenvalue weighted by atomic mass is 16.4. The van der Waals surface area contributed by atoms with Gasteiger partial charge < -0.3 is 20.6 Å². The summed E-state index contributed by atoms with van der Waals surface area (Å²) in [5.74, 6) is 3.43. The third kappa shape index (κ3) is 4.70. The Morgan fingerprint density at radius 2 is 1.76 bits per heavy atom. The van der Waals surface area contributed by atoms with Crippen LogP contribution in [0.5, 0.6) is 0 Å². The van der Waals surface area contributed by atoms with Gasteiger partial charge in [-0.2, -0.15) is 0 Å². The maximum Gasteiger partial charge on any atom is 0.407 e. The maximum atomic E-state index is 13.2. The number of carbonyl (C=O) groups excluding carboxylic acids is 1. The fourth-order valence-corrected chi connectivity index (χ4v) is 7.24. The number of fused-ring (bicyclic) bond motifs is 1. The molecule has 4 saturated carbocycles. The molecule has 1 heterocycles. The molecule has 2 aromatic rings. The van der Waals surface area contributed by atoms with Crippen molar-refractivity contribution in [2.45, 2.75) is 58.3 Å². The quantitative estimate of drug-likeness (QED) is 0.449. The van der Waals surface area contributed by atoms with Crippen molar-refractivity contribution in [3.05, 3.63) is 29.8 Å². The number of aryl methyl sites for hydroxylation is 1. The van der Waals surface area contributed by atoms with E-state index in [9.17, 15) is 9.59 Å². The lowest BCUT2D eigenvalue weighted by molar-refractivity contribution is -0.124. The van der Waals surface area contributed by atoms with Gasteiger partial charge >= 0.3 is 6.09 Å². The lowest BCUT2D eigenvalue weighted by Gasteiger charge is -2.56. The molecular formula is C27H36N4O3. The van der Waals surface area contributed by atoms with Crippen LogP contribution in [-0.2, 0) is 4.79 Å². The van der Waals surface area contributed by atoms with Gasteiger partial charge in [0.2, 0.25) is 5.91 Å². The third-order valence-corrected chi connectivity index (χ3v) is 8.35. The lowest BCUT2D eigenvalue weighted by Crippen LogP contribution is -2.47. The molecule has 7 nitrogen and oxygen atoms in total. The number of hydrogen-bond donors (Lipinski definition) is 3. The summed E-state index contributed by atoms with van der Waals surface area (Å²) >= 11 is 0. The van der Waals surface area contributed by atoms with E-state index in [1.807, 2.05) is 31.2 Å². The lowest BCUT2D eigenvalue weighted by atomic mass is 9.49.